The smallest absolute Gasteiger partial charge is 0.104 e. The van der Waals surface area contributed by atoms with Gasteiger partial charge >= 0.3 is 0 Å². The fourth-order valence-corrected chi connectivity index (χ4v) is 2.39. The third kappa shape index (κ3) is 2.51. The number of hydrogen-bond donors (Lipinski definition) is 1. The van der Waals surface area contributed by atoms with Crippen LogP contribution in [0, 0.1) is 0 Å². The van der Waals surface area contributed by atoms with Crippen molar-refractivity contribution in [2.24, 2.45) is 0 Å². The summed E-state index contributed by atoms with van der Waals surface area (Å²) in [6.45, 7) is 3.93. The van der Waals surface area contributed by atoms with Gasteiger partial charge in [0.25, 0.3) is 0 Å². The zero-order chi connectivity index (χ0) is 7.40. The molecule has 1 aliphatic heterocycles. The lowest BCUT2D eigenvalue weighted by atomic mass is 10.5. The van der Waals surface area contributed by atoms with Gasteiger partial charge in [0.05, 0.1) is 12.7 Å². The number of nitrogens with one attached hydrogen (secondary N) is 1. The maximum absolute atomic E-state index is 5.40. The largest absolute Gasteiger partial charge is 0.381 e. The van der Waals surface area contributed by atoms with Gasteiger partial charge in [-0.25, -0.2) is 0 Å². The van der Waals surface area contributed by atoms with Gasteiger partial charge in [-0.15, -0.1) is 0 Å². The second kappa shape index (κ2) is 4.24. The molecule has 0 bridgehead atoms. The molecule has 2 atom stereocenters. The van der Waals surface area contributed by atoms with Crippen LogP contribution in [0.2, 0.25) is 0 Å². The van der Waals surface area contributed by atoms with Crippen molar-refractivity contribution in [3.63, 3.8) is 0 Å². The van der Waals surface area contributed by atoms with E-state index in [-0.39, 0.29) is 8.30 Å². The van der Waals surface area contributed by atoms with Crippen molar-refractivity contribution in [3.8, 4) is 0 Å². The molecule has 60 valence electrons. The van der Waals surface area contributed by atoms with E-state index in [9.17, 15) is 0 Å². The van der Waals surface area contributed by atoms with Crippen molar-refractivity contribution in [1.82, 2.24) is 5.09 Å². The summed E-state index contributed by atoms with van der Waals surface area (Å²) in [5.41, 5.74) is 0. The van der Waals surface area contributed by atoms with Crippen LogP contribution in [0.3, 0.4) is 0 Å². The van der Waals surface area contributed by atoms with Gasteiger partial charge in [0.15, 0.2) is 0 Å². The molecule has 0 aromatic carbocycles. The van der Waals surface area contributed by atoms with Gasteiger partial charge in [-0.3, -0.25) is 5.09 Å². The molecule has 0 aliphatic carbocycles. The summed E-state index contributed by atoms with van der Waals surface area (Å²) < 4.78 is 10.5. The standard InChI is InChI=1S/C6H14NO2P/c1-6(8-2)5-10-7-3-4-9-10/h6-7H,3-5H2,1-2H3. The Morgan fingerprint density at radius 1 is 1.80 bits per heavy atom. The van der Waals surface area contributed by atoms with E-state index in [1.165, 1.54) is 0 Å². The highest BCUT2D eigenvalue weighted by molar-refractivity contribution is 7.50. The van der Waals surface area contributed by atoms with Gasteiger partial charge in [0, 0.05) is 19.8 Å². The van der Waals surface area contributed by atoms with E-state index >= 15 is 0 Å². The summed E-state index contributed by atoms with van der Waals surface area (Å²) in [5, 5.41) is 3.28. The molecule has 10 heavy (non-hydrogen) atoms. The Hall–Kier alpha value is 0.310. The third-order valence-corrected chi connectivity index (χ3v) is 3.38. The number of rotatable bonds is 3. The zero-order valence-corrected chi connectivity index (χ0v) is 7.36. The van der Waals surface area contributed by atoms with E-state index in [4.69, 9.17) is 9.26 Å². The Balaban J connectivity index is 2.11. The first-order chi connectivity index (χ1) is 4.83. The molecule has 1 heterocycles. The predicted octanol–water partition coefficient (Wildman–Crippen LogP) is 0.953. The van der Waals surface area contributed by atoms with Crippen molar-refractivity contribution in [1.29, 1.82) is 0 Å². The van der Waals surface area contributed by atoms with Crippen molar-refractivity contribution >= 4 is 8.30 Å². The molecule has 1 aliphatic rings. The topological polar surface area (TPSA) is 30.5 Å². The lowest BCUT2D eigenvalue weighted by molar-refractivity contribution is 0.135. The second-order valence-electron chi connectivity index (χ2n) is 2.35. The van der Waals surface area contributed by atoms with Gasteiger partial charge in [0.1, 0.15) is 8.30 Å². The van der Waals surface area contributed by atoms with Crippen LogP contribution >= 0.6 is 8.30 Å². The molecular formula is C6H14NO2P. The summed E-state index contributed by atoms with van der Waals surface area (Å²) in [5.74, 6) is 0. The van der Waals surface area contributed by atoms with E-state index in [0.29, 0.717) is 6.10 Å². The molecule has 0 amide bonds. The van der Waals surface area contributed by atoms with Crippen molar-refractivity contribution in [2.75, 3.05) is 26.4 Å². The SMILES string of the molecule is COC(C)CP1NCCO1. The Morgan fingerprint density at radius 2 is 2.60 bits per heavy atom. The maximum Gasteiger partial charge on any atom is 0.104 e. The van der Waals surface area contributed by atoms with E-state index in [0.717, 1.165) is 19.3 Å². The molecule has 0 saturated carbocycles. The van der Waals surface area contributed by atoms with E-state index in [1.54, 1.807) is 7.11 Å². The van der Waals surface area contributed by atoms with Crippen LogP contribution < -0.4 is 5.09 Å². The van der Waals surface area contributed by atoms with E-state index in [1.807, 2.05) is 0 Å². The Kier molecular flexibility index (Phi) is 3.57. The van der Waals surface area contributed by atoms with Crippen molar-refractivity contribution in [3.05, 3.63) is 0 Å². The summed E-state index contributed by atoms with van der Waals surface area (Å²) >= 11 is 0. The molecule has 1 rings (SSSR count). The quantitative estimate of drug-likeness (QED) is 0.628. The van der Waals surface area contributed by atoms with Crippen LogP contribution in [0.1, 0.15) is 6.92 Å². The third-order valence-electron chi connectivity index (χ3n) is 1.46. The summed E-state index contributed by atoms with van der Waals surface area (Å²) in [7, 11) is 1.37. The monoisotopic (exact) mass is 163 g/mol. The molecule has 0 aromatic heterocycles. The minimum Gasteiger partial charge on any atom is -0.381 e. The molecule has 0 spiro atoms. The number of hydrogen-bond acceptors (Lipinski definition) is 3. The fraction of sp³-hybridized carbons (Fsp3) is 1.00. The normalized spacial score (nSPS) is 28.8. The van der Waals surface area contributed by atoms with Crippen molar-refractivity contribution < 1.29 is 9.26 Å². The Labute approximate surface area is 63.0 Å². The minimum absolute atomic E-state index is 0.316. The van der Waals surface area contributed by atoms with Crippen LogP contribution in [0.4, 0.5) is 0 Å². The van der Waals surface area contributed by atoms with Gasteiger partial charge in [0.2, 0.25) is 0 Å². The highest BCUT2D eigenvalue weighted by atomic mass is 31.2. The van der Waals surface area contributed by atoms with Gasteiger partial charge in [-0.1, -0.05) is 0 Å². The van der Waals surface area contributed by atoms with E-state index < -0.39 is 0 Å². The number of methoxy groups -OCH3 is 1. The molecule has 1 saturated heterocycles. The van der Waals surface area contributed by atoms with Gasteiger partial charge in [-0.05, 0) is 6.92 Å². The zero-order valence-electron chi connectivity index (χ0n) is 6.46. The predicted molar refractivity (Wildman–Crippen MR) is 42.2 cm³/mol. The molecule has 0 radical (unpaired) electrons. The maximum atomic E-state index is 5.40. The molecule has 0 aromatic rings. The van der Waals surface area contributed by atoms with Crippen LogP contribution in [-0.4, -0.2) is 32.5 Å². The molecule has 1 fully saturated rings. The Morgan fingerprint density at radius 3 is 3.10 bits per heavy atom. The van der Waals surface area contributed by atoms with Crippen LogP contribution in [0.5, 0.6) is 0 Å². The summed E-state index contributed by atoms with van der Waals surface area (Å²) in [6.07, 6.45) is 1.32. The lowest BCUT2D eigenvalue weighted by Crippen LogP contribution is -2.13. The highest BCUT2D eigenvalue weighted by Gasteiger charge is 2.17. The summed E-state index contributed by atoms with van der Waals surface area (Å²) in [6, 6.07) is 0. The van der Waals surface area contributed by atoms with Gasteiger partial charge in [-0.2, -0.15) is 0 Å². The average molecular weight is 163 g/mol. The first-order valence-corrected chi connectivity index (χ1v) is 4.94. The van der Waals surface area contributed by atoms with Crippen LogP contribution in [0.25, 0.3) is 0 Å². The lowest BCUT2D eigenvalue weighted by Gasteiger charge is -2.13. The molecule has 1 N–H and O–H groups in total. The van der Waals surface area contributed by atoms with Gasteiger partial charge < -0.3 is 9.26 Å². The molecule has 2 unspecified atom stereocenters. The number of ether oxygens (including phenoxy) is 1. The summed E-state index contributed by atoms with van der Waals surface area (Å²) in [4.78, 5) is 0. The molecule has 4 heteroatoms. The first-order valence-electron chi connectivity index (χ1n) is 3.49. The molecular weight excluding hydrogens is 149 g/mol. The van der Waals surface area contributed by atoms with E-state index in [2.05, 4.69) is 12.0 Å². The average Bonchev–Trinajstić information content (AvgIpc) is 2.40. The van der Waals surface area contributed by atoms with Crippen LogP contribution in [-0.2, 0) is 9.26 Å². The second-order valence-corrected chi connectivity index (χ2v) is 4.05. The van der Waals surface area contributed by atoms with Crippen molar-refractivity contribution in [2.45, 2.75) is 13.0 Å². The molecule has 3 nitrogen and oxygen atoms in total. The first kappa shape index (κ1) is 8.41. The fourth-order valence-electron chi connectivity index (χ4n) is 0.797. The highest BCUT2D eigenvalue weighted by Crippen LogP contribution is 2.36. The Bertz CT molecular complexity index is 95.7. The minimum atomic E-state index is -0.365. The van der Waals surface area contributed by atoms with Crippen LogP contribution in [0.15, 0.2) is 0 Å².